The molecule has 0 radical (unpaired) electrons. The number of hydrogen-bond donors (Lipinski definition) is 1. The summed E-state index contributed by atoms with van der Waals surface area (Å²) in [7, 11) is 1.27. The van der Waals surface area contributed by atoms with Crippen molar-refractivity contribution in [1.29, 1.82) is 0 Å². The van der Waals surface area contributed by atoms with Crippen LogP contribution in [0.3, 0.4) is 0 Å². The minimum Gasteiger partial charge on any atom is -0.494 e. The maximum absolute atomic E-state index is 14.8. The van der Waals surface area contributed by atoms with Crippen molar-refractivity contribution in [1.82, 2.24) is 4.57 Å². The first-order valence-electron chi connectivity index (χ1n) is 7.90. The predicted molar refractivity (Wildman–Crippen MR) is 95.2 cm³/mol. The molecule has 2 aromatic heterocycles. The molecule has 2 heterocycles. The SMILES string of the molecule is COc1ccc2c(c1F)c(CC(=O)O)c(C)n2C(=O)c1csc(OC(F)F)c1. The van der Waals surface area contributed by atoms with E-state index in [1.807, 2.05) is 0 Å². The van der Waals surface area contributed by atoms with Gasteiger partial charge in [0, 0.05) is 22.5 Å². The number of benzene rings is 1. The van der Waals surface area contributed by atoms with E-state index in [-0.39, 0.29) is 38.5 Å². The molecule has 0 fully saturated rings. The van der Waals surface area contributed by atoms with Crippen LogP contribution in [-0.2, 0) is 11.2 Å². The summed E-state index contributed by atoms with van der Waals surface area (Å²) < 4.78 is 49.9. The topological polar surface area (TPSA) is 77.8 Å². The highest BCUT2D eigenvalue weighted by Crippen LogP contribution is 2.35. The lowest BCUT2D eigenvalue weighted by molar-refractivity contribution is -0.136. The molecule has 1 aromatic carbocycles. The number of carboxylic acid groups (broad SMARTS) is 1. The molecule has 6 nitrogen and oxygen atoms in total. The van der Waals surface area contributed by atoms with E-state index in [4.69, 9.17) is 4.74 Å². The third-order valence-corrected chi connectivity index (χ3v) is 5.00. The zero-order valence-corrected chi connectivity index (χ0v) is 15.5. The van der Waals surface area contributed by atoms with Crippen molar-refractivity contribution in [2.75, 3.05) is 7.11 Å². The van der Waals surface area contributed by atoms with E-state index in [0.717, 1.165) is 22.0 Å². The molecule has 0 unspecified atom stereocenters. The van der Waals surface area contributed by atoms with E-state index >= 15 is 0 Å². The summed E-state index contributed by atoms with van der Waals surface area (Å²) in [4.78, 5) is 24.2. The Kier molecular flexibility index (Phi) is 5.32. The highest BCUT2D eigenvalue weighted by Gasteiger charge is 2.26. The molecule has 0 aliphatic carbocycles. The number of aliphatic carboxylic acids is 1. The van der Waals surface area contributed by atoms with Gasteiger partial charge >= 0.3 is 12.6 Å². The Hall–Kier alpha value is -3.01. The molecule has 3 aromatic rings. The minimum atomic E-state index is -3.03. The molecular weight excluding hydrogens is 399 g/mol. The van der Waals surface area contributed by atoms with Crippen LogP contribution in [0.5, 0.6) is 10.8 Å². The number of nitrogens with zero attached hydrogens (tertiary/aromatic N) is 1. The second-order valence-corrected chi connectivity index (χ2v) is 6.66. The molecule has 3 rings (SSSR count). The van der Waals surface area contributed by atoms with Gasteiger partial charge < -0.3 is 14.6 Å². The lowest BCUT2D eigenvalue weighted by atomic mass is 10.1. The number of alkyl halides is 2. The fourth-order valence-electron chi connectivity index (χ4n) is 3.01. The van der Waals surface area contributed by atoms with Crippen LogP contribution < -0.4 is 9.47 Å². The molecule has 10 heteroatoms. The lowest BCUT2D eigenvalue weighted by Gasteiger charge is -2.07. The predicted octanol–water partition coefficient (Wildman–Crippen LogP) is 4.08. The normalized spacial score (nSPS) is 11.2. The highest BCUT2D eigenvalue weighted by molar-refractivity contribution is 7.12. The van der Waals surface area contributed by atoms with Crippen LogP contribution in [0.4, 0.5) is 13.2 Å². The second kappa shape index (κ2) is 7.55. The number of carbonyl (C=O) groups excluding carboxylic acids is 1. The Morgan fingerprint density at radius 3 is 2.64 bits per heavy atom. The van der Waals surface area contributed by atoms with Crippen molar-refractivity contribution in [2.24, 2.45) is 0 Å². The largest absolute Gasteiger partial charge is 0.494 e. The summed E-state index contributed by atoms with van der Waals surface area (Å²) in [6.45, 7) is -1.54. The van der Waals surface area contributed by atoms with Crippen LogP contribution in [0.15, 0.2) is 23.6 Å². The molecule has 28 heavy (non-hydrogen) atoms. The molecule has 148 valence electrons. The first-order valence-corrected chi connectivity index (χ1v) is 8.78. The van der Waals surface area contributed by atoms with Crippen LogP contribution in [-0.4, -0.2) is 35.3 Å². The number of ether oxygens (including phenoxy) is 2. The second-order valence-electron chi connectivity index (χ2n) is 5.78. The van der Waals surface area contributed by atoms with Crippen molar-refractivity contribution in [3.63, 3.8) is 0 Å². The standard InChI is InChI=1S/C18H14F3NO5S/c1-8-10(6-13(23)24)15-11(3-4-12(26-2)16(15)19)22(8)17(25)9-5-14(28-7-9)27-18(20)21/h3-5,7,18H,6H2,1-2H3,(H,23,24). The number of aromatic nitrogens is 1. The van der Waals surface area contributed by atoms with Crippen LogP contribution >= 0.6 is 11.3 Å². The third-order valence-electron chi connectivity index (χ3n) is 4.18. The first kappa shape index (κ1) is 19.7. The van der Waals surface area contributed by atoms with E-state index in [0.29, 0.717) is 0 Å². The average molecular weight is 413 g/mol. The van der Waals surface area contributed by atoms with Gasteiger partial charge in [-0.15, -0.1) is 11.3 Å². The summed E-state index contributed by atoms with van der Waals surface area (Å²) in [5.41, 5.74) is 0.571. The van der Waals surface area contributed by atoms with E-state index in [1.165, 1.54) is 31.5 Å². The van der Waals surface area contributed by atoms with Crippen LogP contribution in [0.1, 0.15) is 21.6 Å². The average Bonchev–Trinajstić information content (AvgIpc) is 3.18. The monoisotopic (exact) mass is 413 g/mol. The molecule has 0 atom stereocenters. The van der Waals surface area contributed by atoms with Crippen LogP contribution in [0.2, 0.25) is 0 Å². The number of methoxy groups -OCH3 is 1. The minimum absolute atomic E-state index is 0.0353. The van der Waals surface area contributed by atoms with Gasteiger partial charge in [0.25, 0.3) is 5.91 Å². The van der Waals surface area contributed by atoms with Crippen molar-refractivity contribution in [3.05, 3.63) is 46.2 Å². The maximum atomic E-state index is 14.8. The molecule has 0 bridgehead atoms. The van der Waals surface area contributed by atoms with Gasteiger partial charge in [-0.25, -0.2) is 4.39 Å². The highest BCUT2D eigenvalue weighted by atomic mass is 32.1. The summed E-state index contributed by atoms with van der Waals surface area (Å²) in [6, 6.07) is 3.92. The van der Waals surface area contributed by atoms with Gasteiger partial charge in [-0.2, -0.15) is 8.78 Å². The van der Waals surface area contributed by atoms with Crippen LogP contribution in [0, 0.1) is 12.7 Å². The Bertz CT molecular complexity index is 1070. The van der Waals surface area contributed by atoms with Crippen molar-refractivity contribution in [2.45, 2.75) is 20.0 Å². The van der Waals surface area contributed by atoms with Gasteiger partial charge in [-0.1, -0.05) is 0 Å². The maximum Gasteiger partial charge on any atom is 0.388 e. The van der Waals surface area contributed by atoms with Gasteiger partial charge in [0.15, 0.2) is 16.6 Å². The van der Waals surface area contributed by atoms with Crippen molar-refractivity contribution in [3.8, 4) is 10.8 Å². The van der Waals surface area contributed by atoms with Crippen LogP contribution in [0.25, 0.3) is 10.9 Å². The fraction of sp³-hybridized carbons (Fsp3) is 0.222. The Morgan fingerprint density at radius 2 is 2.04 bits per heavy atom. The van der Waals surface area contributed by atoms with Gasteiger partial charge in [0.2, 0.25) is 0 Å². The fourth-order valence-corrected chi connectivity index (χ4v) is 3.75. The number of fused-ring (bicyclic) bond motifs is 1. The van der Waals surface area contributed by atoms with Gasteiger partial charge in [-0.05, 0) is 24.6 Å². The van der Waals surface area contributed by atoms with Gasteiger partial charge in [0.1, 0.15) is 0 Å². The van der Waals surface area contributed by atoms with E-state index in [9.17, 15) is 27.9 Å². The van der Waals surface area contributed by atoms with Crippen molar-refractivity contribution < 1.29 is 37.3 Å². The Labute approximate surface area is 160 Å². The Morgan fingerprint density at radius 1 is 1.32 bits per heavy atom. The number of carboxylic acids is 1. The van der Waals surface area contributed by atoms with E-state index in [1.54, 1.807) is 0 Å². The molecule has 0 aliphatic heterocycles. The third kappa shape index (κ3) is 3.42. The molecule has 0 aliphatic rings. The smallest absolute Gasteiger partial charge is 0.388 e. The van der Waals surface area contributed by atoms with Gasteiger partial charge in [0.05, 0.1) is 24.6 Å². The molecule has 0 spiro atoms. The zero-order chi connectivity index (χ0) is 20.6. The van der Waals surface area contributed by atoms with E-state index in [2.05, 4.69) is 4.74 Å². The number of thiophene rings is 1. The molecular formula is C18H14F3NO5S. The number of carbonyl (C=O) groups is 2. The quantitative estimate of drug-likeness (QED) is 0.659. The molecule has 1 N–H and O–H groups in total. The summed E-state index contributed by atoms with van der Waals surface area (Å²) in [6.07, 6.45) is -0.504. The summed E-state index contributed by atoms with van der Waals surface area (Å²) in [5, 5.41) is 10.3. The molecule has 0 saturated heterocycles. The number of hydrogen-bond acceptors (Lipinski definition) is 5. The Balaban J connectivity index is 2.19. The van der Waals surface area contributed by atoms with E-state index < -0.39 is 30.7 Å². The zero-order valence-electron chi connectivity index (χ0n) is 14.7. The number of halogens is 3. The molecule has 0 amide bonds. The lowest BCUT2D eigenvalue weighted by Crippen LogP contribution is -2.13. The summed E-state index contributed by atoms with van der Waals surface area (Å²) in [5.74, 6) is -2.69. The van der Waals surface area contributed by atoms with Gasteiger partial charge in [-0.3, -0.25) is 14.2 Å². The summed E-state index contributed by atoms with van der Waals surface area (Å²) >= 11 is 0.814. The number of rotatable bonds is 6. The first-order chi connectivity index (χ1) is 13.2. The molecule has 0 saturated carbocycles. The van der Waals surface area contributed by atoms with Crippen molar-refractivity contribution >= 4 is 34.1 Å².